The minimum Gasteiger partial charge on any atom is -0.493 e. The maximum Gasteiger partial charge on any atom is 0.293 e. The molecular weight excluding hydrogens is 1130 g/mol. The van der Waals surface area contributed by atoms with Crippen LogP contribution in [0.2, 0.25) is 0 Å². The number of rotatable bonds is 14. The Balaban J connectivity index is 0.712. The highest BCUT2D eigenvalue weighted by Crippen LogP contribution is 2.58. The van der Waals surface area contributed by atoms with Gasteiger partial charge in [-0.3, -0.25) is 24.7 Å². The second-order valence-electron chi connectivity index (χ2n) is 26.2. The first-order valence-electron chi connectivity index (χ1n) is 31.2. The lowest BCUT2D eigenvalue weighted by Crippen LogP contribution is -2.66. The van der Waals surface area contributed by atoms with Crippen LogP contribution in [0.4, 0.5) is 34.3 Å². The van der Waals surface area contributed by atoms with Gasteiger partial charge in [0.2, 0.25) is 5.88 Å². The van der Waals surface area contributed by atoms with E-state index in [9.17, 15) is 28.4 Å². The number of benzene rings is 3. The number of nitro benzene ring substituents is 1. The predicted octanol–water partition coefficient (Wildman–Crippen LogP) is 8.84. The van der Waals surface area contributed by atoms with Crippen molar-refractivity contribution in [1.29, 1.82) is 0 Å². The number of fused-ring (bicyclic) bond motifs is 5. The van der Waals surface area contributed by atoms with E-state index in [1.54, 1.807) is 13.2 Å². The molecule has 22 heteroatoms. The summed E-state index contributed by atoms with van der Waals surface area (Å²) < 4.78 is 55.1. The van der Waals surface area contributed by atoms with Crippen LogP contribution >= 0.6 is 0 Å². The average molecular weight is 1210 g/mol. The smallest absolute Gasteiger partial charge is 0.293 e. The first-order valence-corrected chi connectivity index (χ1v) is 32.7. The lowest BCUT2D eigenvalue weighted by Gasteiger charge is -2.61. The van der Waals surface area contributed by atoms with Crippen LogP contribution < -0.4 is 34.2 Å². The van der Waals surface area contributed by atoms with Gasteiger partial charge in [0.15, 0.2) is 11.6 Å². The number of aliphatic hydroxyl groups is 1. The molecule has 5 aliphatic heterocycles. The van der Waals surface area contributed by atoms with E-state index in [-0.39, 0.29) is 34.2 Å². The zero-order valence-electron chi connectivity index (χ0n) is 49.9. The van der Waals surface area contributed by atoms with Crippen molar-refractivity contribution in [3.8, 4) is 11.6 Å². The van der Waals surface area contributed by atoms with E-state index in [1.807, 2.05) is 43.6 Å². The van der Waals surface area contributed by atoms with Crippen molar-refractivity contribution in [3.63, 3.8) is 0 Å². The Labute approximate surface area is 507 Å². The molecule has 1 amide bonds. The van der Waals surface area contributed by atoms with Gasteiger partial charge in [-0.15, -0.1) is 0 Å². The quantitative estimate of drug-likeness (QED) is 0.0589. The minimum absolute atomic E-state index is 0.110. The third-order valence-electron chi connectivity index (χ3n) is 20.7. The van der Waals surface area contributed by atoms with E-state index >= 15 is 0 Å². The zero-order valence-corrected chi connectivity index (χ0v) is 50.7. The first kappa shape index (κ1) is 57.7. The molecule has 14 rings (SSSR count). The number of nitro groups is 1. The standard InChI is InChI=1S/C65H79N11O10S/c1-42-34-65(51-7-5-4-6-49(42)51)41-71(39-44-30-57(83-3)60(68-38-44)73-25-28-84-29-26-73)23-24-74(65)47-35-64(36-47)18-21-72(22-19-64)46-8-10-50(54(32-46)75-53-15-27-85-40-58(53)86-62-56(75)31-45-14-20-66-59(45)69-62)61(77)70-87(81,82)48-9-11-52(55(33-48)76(79)80)67-37-43-12-16-63(2,78)17-13-43/h4-11,14,20,30-33,38,42-43,47,53,58,67,78H,12-13,15-19,21-29,34-37,39-41H2,1-3H3,(H,66,69)(H,70,77)/t42-,43?,53-,58-,63?,65-/m0/s1. The second-order valence-corrected chi connectivity index (χ2v) is 27.9. The van der Waals surface area contributed by atoms with E-state index in [0.29, 0.717) is 87.1 Å². The van der Waals surface area contributed by atoms with Crippen molar-refractivity contribution in [2.24, 2.45) is 11.3 Å². The number of hydrogen-bond acceptors (Lipinski definition) is 18. The van der Waals surface area contributed by atoms with Crippen molar-refractivity contribution in [2.75, 3.05) is 106 Å². The molecule has 0 radical (unpaired) electrons. The lowest BCUT2D eigenvalue weighted by atomic mass is 9.59. The largest absolute Gasteiger partial charge is 0.493 e. The number of hydrogen-bond donors (Lipinski definition) is 4. The molecule has 4 atom stereocenters. The number of sulfonamides is 1. The number of carbonyl (C=O) groups excluding carboxylic acids is 1. The summed E-state index contributed by atoms with van der Waals surface area (Å²) in [5.41, 5.74) is 5.99. The molecule has 21 nitrogen and oxygen atoms in total. The summed E-state index contributed by atoms with van der Waals surface area (Å²) in [6.45, 7) is 13.6. The van der Waals surface area contributed by atoms with E-state index in [0.717, 1.165) is 132 Å². The number of ether oxygens (including phenoxy) is 4. The number of H-pyrrole nitrogens is 1. The molecule has 0 unspecified atom stereocenters. The van der Waals surface area contributed by atoms with Crippen LogP contribution in [0.5, 0.6) is 11.6 Å². The fourth-order valence-corrected chi connectivity index (χ4v) is 17.0. The number of morpholine rings is 1. The molecule has 6 aromatic rings. The fraction of sp³-hybridized carbons (Fsp3) is 0.523. The van der Waals surface area contributed by atoms with Crippen LogP contribution in [0.25, 0.3) is 11.0 Å². The summed E-state index contributed by atoms with van der Waals surface area (Å²) in [7, 11) is -2.91. The number of anilines is 5. The number of carbonyl (C=O) groups is 1. The van der Waals surface area contributed by atoms with Crippen LogP contribution in [0.15, 0.2) is 96.2 Å². The molecule has 87 heavy (non-hydrogen) atoms. The molecule has 3 aromatic heterocycles. The molecule has 8 heterocycles. The van der Waals surface area contributed by atoms with Gasteiger partial charge in [0.25, 0.3) is 21.6 Å². The number of methoxy groups -OCH3 is 1. The molecular formula is C65H79N11O10S. The highest BCUT2D eigenvalue weighted by Gasteiger charge is 2.57. The molecule has 3 aromatic carbocycles. The van der Waals surface area contributed by atoms with Gasteiger partial charge < -0.3 is 49.1 Å². The third kappa shape index (κ3) is 10.9. The lowest BCUT2D eigenvalue weighted by molar-refractivity contribution is -0.384. The van der Waals surface area contributed by atoms with E-state index in [2.05, 4.69) is 76.8 Å². The van der Waals surface area contributed by atoms with Gasteiger partial charge in [-0.05, 0) is 154 Å². The summed E-state index contributed by atoms with van der Waals surface area (Å²) >= 11 is 0. The molecule has 8 aliphatic rings. The van der Waals surface area contributed by atoms with Gasteiger partial charge in [0.05, 0.1) is 65.2 Å². The Morgan fingerprint density at radius 1 is 0.897 bits per heavy atom. The van der Waals surface area contributed by atoms with Crippen molar-refractivity contribution in [1.82, 2.24) is 29.5 Å². The van der Waals surface area contributed by atoms with Crippen LogP contribution in [-0.2, 0) is 31.6 Å². The fourth-order valence-electron chi connectivity index (χ4n) is 16.0. The van der Waals surface area contributed by atoms with E-state index in [4.69, 9.17) is 28.9 Å². The molecule has 2 spiro atoms. The minimum atomic E-state index is -4.65. The Bertz CT molecular complexity index is 3700. The summed E-state index contributed by atoms with van der Waals surface area (Å²) in [6.07, 6.45) is 12.1. The highest BCUT2D eigenvalue weighted by atomic mass is 32.2. The SMILES string of the molecule is COc1cc(CN2CCN(C3CC4(CCN(c5ccc(C(=O)NS(=O)(=O)c6ccc(NCC7CCC(C)(O)CC7)c([N+](=O)[O-])c6)c(N6c7cc8cc[nH]c8nc7O[C@H]7COCC[C@@H]76)c5)CC4)C3)[C@@]3(C[C@H](C)c4ccccc43)C2)cnc1N1CCOCC1. The van der Waals surface area contributed by atoms with Gasteiger partial charge in [0, 0.05) is 101 Å². The van der Waals surface area contributed by atoms with Crippen molar-refractivity contribution >= 4 is 61.2 Å². The number of nitrogens with one attached hydrogen (secondary N) is 3. The monoisotopic (exact) mass is 1210 g/mol. The maximum atomic E-state index is 14.9. The number of nitrogens with zero attached hydrogens (tertiary/aromatic N) is 8. The molecule has 0 bridgehead atoms. The van der Waals surface area contributed by atoms with Crippen LogP contribution in [-0.4, -0.2) is 159 Å². The summed E-state index contributed by atoms with van der Waals surface area (Å²) in [5.74, 6) is 1.80. The van der Waals surface area contributed by atoms with Gasteiger partial charge in [0.1, 0.15) is 23.1 Å². The Hall–Kier alpha value is -7.08. The van der Waals surface area contributed by atoms with Crippen molar-refractivity contribution in [2.45, 2.75) is 125 Å². The molecule has 2 saturated carbocycles. The Morgan fingerprint density at radius 2 is 1.70 bits per heavy atom. The summed E-state index contributed by atoms with van der Waals surface area (Å²) in [4.78, 5) is 51.7. The molecule has 4 N–H and O–H groups in total. The molecule has 4 saturated heterocycles. The average Bonchev–Trinajstić information content (AvgIpc) is 1.70. The molecule has 3 aliphatic carbocycles. The number of aromatic amines is 1. The molecule has 6 fully saturated rings. The predicted molar refractivity (Wildman–Crippen MR) is 331 cm³/mol. The van der Waals surface area contributed by atoms with E-state index < -0.39 is 43.1 Å². The zero-order chi connectivity index (χ0) is 59.8. The summed E-state index contributed by atoms with van der Waals surface area (Å²) in [6, 6.07) is 24.7. The number of piperazine rings is 1. The number of piperidine rings is 1. The summed E-state index contributed by atoms with van der Waals surface area (Å²) in [5, 5.41) is 26.9. The first-order chi connectivity index (χ1) is 42.0. The molecule has 460 valence electrons. The second kappa shape index (κ2) is 22.8. The topological polar surface area (TPSA) is 233 Å². The Kier molecular flexibility index (Phi) is 15.1. The number of pyridine rings is 2. The normalized spacial score (nSPS) is 26.6. The maximum absolute atomic E-state index is 14.9. The van der Waals surface area contributed by atoms with Gasteiger partial charge in [-0.1, -0.05) is 31.2 Å². The van der Waals surface area contributed by atoms with Crippen LogP contribution in [0.3, 0.4) is 0 Å². The van der Waals surface area contributed by atoms with Gasteiger partial charge in [-0.25, -0.2) is 18.1 Å². The van der Waals surface area contributed by atoms with Crippen LogP contribution in [0.1, 0.15) is 111 Å². The van der Waals surface area contributed by atoms with Gasteiger partial charge >= 0.3 is 0 Å². The van der Waals surface area contributed by atoms with Crippen LogP contribution in [0, 0.1) is 21.4 Å². The number of amides is 1. The Morgan fingerprint density at radius 3 is 2.49 bits per heavy atom. The van der Waals surface area contributed by atoms with Gasteiger partial charge in [-0.2, -0.15) is 4.98 Å². The van der Waals surface area contributed by atoms with E-state index in [1.165, 1.54) is 23.3 Å². The number of aromatic nitrogens is 3. The van der Waals surface area contributed by atoms with Crippen molar-refractivity contribution < 1.29 is 42.2 Å². The van der Waals surface area contributed by atoms with Crippen molar-refractivity contribution in [3.05, 3.63) is 124 Å². The highest BCUT2D eigenvalue weighted by molar-refractivity contribution is 7.90. The third-order valence-corrected chi connectivity index (χ3v) is 22.0.